The lowest BCUT2D eigenvalue weighted by Gasteiger charge is -2.12. The molecule has 3 aromatic heterocycles. The Hall–Kier alpha value is -4.35. The van der Waals surface area contributed by atoms with Crippen molar-refractivity contribution in [1.29, 1.82) is 0 Å². The van der Waals surface area contributed by atoms with Crippen molar-refractivity contribution in [2.45, 2.75) is 32.2 Å². The average Bonchev–Trinajstić information content (AvgIpc) is 3.32. The van der Waals surface area contributed by atoms with Gasteiger partial charge in [0.1, 0.15) is 24.3 Å². The van der Waals surface area contributed by atoms with Crippen molar-refractivity contribution >= 4 is 11.6 Å². The van der Waals surface area contributed by atoms with E-state index in [1.54, 1.807) is 24.3 Å². The van der Waals surface area contributed by atoms with Gasteiger partial charge in [0.15, 0.2) is 5.76 Å². The van der Waals surface area contributed by atoms with Crippen LogP contribution in [0, 0.1) is 6.92 Å². The Morgan fingerprint density at radius 1 is 1.27 bits per heavy atom. The Bertz CT molecular complexity index is 1370. The highest BCUT2D eigenvalue weighted by molar-refractivity contribution is 5.91. The molecule has 12 heteroatoms. The molecule has 1 fully saturated rings. The van der Waals surface area contributed by atoms with Crippen LogP contribution in [0.15, 0.2) is 46.0 Å². The van der Waals surface area contributed by atoms with Crippen LogP contribution in [0.25, 0.3) is 17.0 Å². The van der Waals surface area contributed by atoms with Crippen LogP contribution >= 0.6 is 0 Å². The first kappa shape index (κ1) is 20.5. The summed E-state index contributed by atoms with van der Waals surface area (Å²) in [5.74, 6) is 0.818. The summed E-state index contributed by atoms with van der Waals surface area (Å²) in [6, 6.07) is 8.28. The van der Waals surface area contributed by atoms with Crippen molar-refractivity contribution in [3.05, 3.63) is 58.4 Å². The van der Waals surface area contributed by atoms with Crippen LogP contribution < -0.4 is 15.6 Å². The number of aromatic nitrogens is 7. The Morgan fingerprint density at radius 3 is 2.79 bits per heavy atom. The van der Waals surface area contributed by atoms with Crippen molar-refractivity contribution in [3.63, 3.8) is 0 Å². The van der Waals surface area contributed by atoms with Gasteiger partial charge >= 0.3 is 0 Å². The highest BCUT2D eigenvalue weighted by Gasteiger charge is 2.30. The number of amides is 1. The summed E-state index contributed by atoms with van der Waals surface area (Å²) in [5, 5.41) is 22.2. The van der Waals surface area contributed by atoms with Crippen molar-refractivity contribution in [2.24, 2.45) is 0 Å². The fourth-order valence-electron chi connectivity index (χ4n) is 3.52. The largest absolute Gasteiger partial charge is 0.494 e. The normalized spacial score (nSPS) is 13.2. The third-order valence-corrected chi connectivity index (χ3v) is 5.24. The molecule has 3 heterocycles. The Kier molecular flexibility index (Phi) is 5.17. The second-order valence-electron chi connectivity index (χ2n) is 7.74. The molecule has 0 aliphatic heterocycles. The number of nitrogens with one attached hydrogen (secondary N) is 1. The number of aryl methyl sites for hydroxylation is 1. The van der Waals surface area contributed by atoms with E-state index in [-0.39, 0.29) is 12.5 Å². The number of hydrogen-bond acceptors (Lipinski definition) is 9. The highest BCUT2D eigenvalue weighted by atomic mass is 16.5. The summed E-state index contributed by atoms with van der Waals surface area (Å²) >= 11 is 0. The van der Waals surface area contributed by atoms with Gasteiger partial charge in [-0.25, -0.2) is 4.68 Å². The number of carbonyl (C=O) groups is 1. The second kappa shape index (κ2) is 8.30. The number of ether oxygens (including phenoxy) is 1. The van der Waals surface area contributed by atoms with E-state index in [4.69, 9.17) is 9.26 Å². The number of rotatable bonds is 7. The number of tetrazole rings is 1. The van der Waals surface area contributed by atoms with Crippen LogP contribution in [-0.2, 0) is 11.3 Å². The topological polar surface area (TPSA) is 143 Å². The van der Waals surface area contributed by atoms with Gasteiger partial charge in [-0.1, -0.05) is 5.16 Å². The molecule has 4 aromatic rings. The molecule has 0 atom stereocenters. The van der Waals surface area contributed by atoms with Gasteiger partial charge < -0.3 is 14.6 Å². The van der Waals surface area contributed by atoms with E-state index in [1.165, 1.54) is 28.9 Å². The molecule has 1 aromatic carbocycles. The van der Waals surface area contributed by atoms with E-state index in [2.05, 4.69) is 31.1 Å². The monoisotopic (exact) mass is 448 g/mol. The Labute approximate surface area is 187 Å². The highest BCUT2D eigenvalue weighted by Crippen LogP contribution is 2.42. The molecule has 1 amide bonds. The molecule has 12 nitrogen and oxygen atoms in total. The minimum atomic E-state index is -0.398. The molecule has 1 N–H and O–H groups in total. The molecular formula is C21H20N8O4. The molecule has 1 saturated carbocycles. The first-order valence-corrected chi connectivity index (χ1v) is 10.3. The fourth-order valence-corrected chi connectivity index (χ4v) is 3.52. The standard InChI is InChI=1S/C21H20N8O4/c1-12-7-17(33-25-12)15-9-20(31)28(24-21(15)13-3-4-13)10-19(30)23-14-5-6-16(18(8-14)32-2)29-11-22-26-27-29/h5-9,11,13H,3-4,10H2,1-2H3,(H,23,30). The molecule has 168 valence electrons. The maximum Gasteiger partial charge on any atom is 0.267 e. The van der Waals surface area contributed by atoms with E-state index in [0.29, 0.717) is 28.4 Å². The van der Waals surface area contributed by atoms with Gasteiger partial charge in [-0.3, -0.25) is 9.59 Å². The summed E-state index contributed by atoms with van der Waals surface area (Å²) in [5.41, 5.74) is 2.80. The number of carbonyl (C=O) groups excluding carboxylic acids is 1. The van der Waals surface area contributed by atoms with Gasteiger partial charge in [0, 0.05) is 35.4 Å². The predicted octanol–water partition coefficient (Wildman–Crippen LogP) is 1.71. The molecule has 1 aliphatic rings. The Morgan fingerprint density at radius 2 is 2.12 bits per heavy atom. The van der Waals surface area contributed by atoms with Gasteiger partial charge in [0.25, 0.3) is 5.56 Å². The van der Waals surface area contributed by atoms with Crippen LogP contribution in [0.5, 0.6) is 5.75 Å². The molecule has 0 spiro atoms. The van der Waals surface area contributed by atoms with Crippen molar-refractivity contribution in [1.82, 2.24) is 35.1 Å². The summed E-state index contributed by atoms with van der Waals surface area (Å²) in [6.45, 7) is 1.58. The van der Waals surface area contributed by atoms with Crippen molar-refractivity contribution < 1.29 is 14.1 Å². The summed E-state index contributed by atoms with van der Waals surface area (Å²) in [7, 11) is 1.51. The summed E-state index contributed by atoms with van der Waals surface area (Å²) < 4.78 is 13.3. The maximum atomic E-state index is 12.7. The Balaban J connectivity index is 1.37. The molecule has 0 unspecified atom stereocenters. The molecule has 33 heavy (non-hydrogen) atoms. The lowest BCUT2D eigenvalue weighted by atomic mass is 10.1. The van der Waals surface area contributed by atoms with Crippen LogP contribution in [0.4, 0.5) is 5.69 Å². The zero-order valence-corrected chi connectivity index (χ0v) is 17.9. The lowest BCUT2D eigenvalue weighted by Crippen LogP contribution is -2.30. The van der Waals surface area contributed by atoms with E-state index in [9.17, 15) is 9.59 Å². The second-order valence-corrected chi connectivity index (χ2v) is 7.74. The average molecular weight is 448 g/mol. The molecule has 0 bridgehead atoms. The number of methoxy groups -OCH3 is 1. The van der Waals surface area contributed by atoms with E-state index in [0.717, 1.165) is 24.2 Å². The van der Waals surface area contributed by atoms with Crippen LogP contribution in [0.2, 0.25) is 0 Å². The van der Waals surface area contributed by atoms with Gasteiger partial charge in [0.2, 0.25) is 5.91 Å². The first-order valence-electron chi connectivity index (χ1n) is 10.3. The summed E-state index contributed by atoms with van der Waals surface area (Å²) in [4.78, 5) is 25.4. The summed E-state index contributed by atoms with van der Waals surface area (Å²) in [6.07, 6.45) is 3.39. The minimum absolute atomic E-state index is 0.231. The smallest absolute Gasteiger partial charge is 0.267 e. The van der Waals surface area contributed by atoms with Crippen LogP contribution in [0.1, 0.15) is 30.1 Å². The number of hydrogen-bond donors (Lipinski definition) is 1. The third-order valence-electron chi connectivity index (χ3n) is 5.24. The zero-order chi connectivity index (χ0) is 22.9. The van der Waals surface area contributed by atoms with Gasteiger partial charge in [-0.2, -0.15) is 9.78 Å². The van der Waals surface area contributed by atoms with Crippen molar-refractivity contribution in [2.75, 3.05) is 12.4 Å². The molecule has 5 rings (SSSR count). The van der Waals surface area contributed by atoms with E-state index < -0.39 is 11.5 Å². The van der Waals surface area contributed by atoms with Gasteiger partial charge in [-0.05, 0) is 42.3 Å². The first-order chi connectivity index (χ1) is 16.0. The van der Waals surface area contributed by atoms with Gasteiger partial charge in [0.05, 0.1) is 18.5 Å². The quantitative estimate of drug-likeness (QED) is 0.447. The molecular weight excluding hydrogens is 428 g/mol. The number of benzene rings is 1. The van der Waals surface area contributed by atoms with Crippen LogP contribution in [0.3, 0.4) is 0 Å². The zero-order valence-electron chi connectivity index (χ0n) is 17.9. The van der Waals surface area contributed by atoms with Crippen molar-refractivity contribution in [3.8, 4) is 22.8 Å². The van der Waals surface area contributed by atoms with E-state index in [1.807, 2.05) is 6.92 Å². The fraction of sp³-hybridized carbons (Fsp3) is 0.286. The minimum Gasteiger partial charge on any atom is -0.494 e. The third kappa shape index (κ3) is 4.22. The lowest BCUT2D eigenvalue weighted by molar-refractivity contribution is -0.117. The maximum absolute atomic E-state index is 12.7. The van der Waals surface area contributed by atoms with E-state index >= 15 is 0 Å². The number of anilines is 1. The molecule has 0 saturated heterocycles. The van der Waals surface area contributed by atoms with Crippen LogP contribution in [-0.4, -0.2) is 48.2 Å². The van der Waals surface area contributed by atoms with Gasteiger partial charge in [-0.15, -0.1) is 5.10 Å². The SMILES string of the molecule is COc1cc(NC(=O)Cn2nc(C3CC3)c(-c3cc(C)no3)cc2=O)ccc1-n1cnnn1. The molecule has 0 radical (unpaired) electrons. The molecule has 1 aliphatic carbocycles. The number of nitrogens with zero attached hydrogens (tertiary/aromatic N) is 7. The predicted molar refractivity (Wildman–Crippen MR) is 115 cm³/mol.